The largest absolute Gasteiger partial charge is 0.512 e. The molecule has 1 radical (unpaired) electrons. The standard InChI is InChI=1S/C26H27F3N.C13H24O2.Ir/c1-17-13-18(2)19(3)23(14-17)24-22-8-7-20(15-21(22)9-12-30(24)4)16-25(26(27,28)29)10-5-6-11-25;1-5-10(6-2)12(14)9-13(15)11(7-3)8-4;/h7-9,12-15H,3-6,10-11,16H2,1-2H3;9-11,14H,5-8H2,1-4H3;/q-1;;/b;12-9-;. The summed E-state index contributed by atoms with van der Waals surface area (Å²) in [4.78, 5) is 11.7. The molecule has 0 saturated heterocycles. The molecule has 0 spiro atoms. The molecular formula is C39H51F3IrNO2-. The number of ketones is 1. The minimum absolute atomic E-state index is 0. The number of carbonyl (C=O) groups excluding carboxylic acids is 1. The fraction of sp³-hybridized carbons (Fsp3) is 0.487. The van der Waals surface area contributed by atoms with Crippen LogP contribution in [0.2, 0.25) is 0 Å². The van der Waals surface area contributed by atoms with E-state index in [0.29, 0.717) is 12.8 Å². The first-order chi connectivity index (χ1) is 21.2. The number of halogens is 3. The molecule has 0 unspecified atom stereocenters. The van der Waals surface area contributed by atoms with Crippen LogP contribution in [0.3, 0.4) is 0 Å². The van der Waals surface area contributed by atoms with Crippen molar-refractivity contribution in [2.75, 3.05) is 0 Å². The van der Waals surface area contributed by atoms with Crippen molar-refractivity contribution in [2.45, 2.75) is 106 Å². The molecule has 1 saturated carbocycles. The summed E-state index contributed by atoms with van der Waals surface area (Å²) in [7, 11) is 4.14. The molecule has 255 valence electrons. The molecule has 0 bridgehead atoms. The molecule has 0 amide bonds. The van der Waals surface area contributed by atoms with Gasteiger partial charge in [0.05, 0.1) is 23.1 Å². The van der Waals surface area contributed by atoms with E-state index in [0.717, 1.165) is 70.0 Å². The van der Waals surface area contributed by atoms with Crippen LogP contribution in [0.15, 0.2) is 54.4 Å². The predicted octanol–water partition coefficient (Wildman–Crippen LogP) is 10.8. The van der Waals surface area contributed by atoms with Crippen molar-refractivity contribution in [1.82, 2.24) is 0 Å². The number of aryl methyl sites for hydroxylation is 2. The predicted molar refractivity (Wildman–Crippen MR) is 179 cm³/mol. The quantitative estimate of drug-likeness (QED) is 0.0959. The number of aliphatic hydroxyl groups is 1. The smallest absolute Gasteiger partial charge is 0.394 e. The average Bonchev–Trinajstić information content (AvgIpc) is 3.47. The molecule has 1 fully saturated rings. The third-order valence-electron chi connectivity index (χ3n) is 9.75. The normalized spacial score (nSPS) is 14.7. The van der Waals surface area contributed by atoms with Crippen LogP contribution in [0.5, 0.6) is 0 Å². The number of aromatic nitrogens is 1. The Morgan fingerprint density at radius 3 is 2.11 bits per heavy atom. The Morgan fingerprint density at radius 2 is 1.57 bits per heavy atom. The zero-order valence-electron chi connectivity index (χ0n) is 28.3. The van der Waals surface area contributed by atoms with Gasteiger partial charge in [-0.3, -0.25) is 4.79 Å². The number of benzene rings is 2. The van der Waals surface area contributed by atoms with E-state index in [-0.39, 0.29) is 62.7 Å². The third kappa shape index (κ3) is 8.98. The molecule has 46 heavy (non-hydrogen) atoms. The van der Waals surface area contributed by atoms with E-state index in [9.17, 15) is 23.1 Å². The van der Waals surface area contributed by atoms with Gasteiger partial charge in [0, 0.05) is 45.1 Å². The van der Waals surface area contributed by atoms with Gasteiger partial charge in [-0.2, -0.15) is 31.2 Å². The van der Waals surface area contributed by atoms with Crippen molar-refractivity contribution < 1.29 is 47.7 Å². The zero-order chi connectivity index (χ0) is 33.5. The van der Waals surface area contributed by atoms with Crippen LogP contribution in [-0.2, 0) is 31.3 Å². The number of aliphatic hydroxyl groups excluding tert-OH is 1. The number of fused-ring (bicyclic) bond motifs is 1. The number of pyridine rings is 1. The van der Waals surface area contributed by atoms with Gasteiger partial charge in [0.2, 0.25) is 0 Å². The van der Waals surface area contributed by atoms with E-state index in [1.165, 1.54) is 6.08 Å². The number of rotatable bonds is 10. The Hall–Kier alpha value is -2.76. The SMILES string of the molecule is CCC(CC)C(=O)/C=C(\O)C(CC)CC.[CH2-]c1c(C)cc(C)cc1-c1c2ccc(CC3(C(F)(F)F)CCCC3)cc2cc[n+]1[CH2-].[Ir]. The van der Waals surface area contributed by atoms with E-state index < -0.39 is 11.6 Å². The number of carbonyl (C=O) groups is 1. The summed E-state index contributed by atoms with van der Waals surface area (Å²) in [6.07, 6.45) is 4.40. The summed E-state index contributed by atoms with van der Waals surface area (Å²) in [5, 5.41) is 11.7. The summed E-state index contributed by atoms with van der Waals surface area (Å²) in [6.45, 7) is 16.4. The van der Waals surface area contributed by atoms with Gasteiger partial charge in [0.25, 0.3) is 0 Å². The molecule has 2 aromatic carbocycles. The monoisotopic (exact) mass is 815 g/mol. The van der Waals surface area contributed by atoms with Gasteiger partial charge in [-0.05, 0) is 74.3 Å². The van der Waals surface area contributed by atoms with Gasteiger partial charge < -0.3 is 9.67 Å². The van der Waals surface area contributed by atoms with Crippen LogP contribution in [0.25, 0.3) is 22.0 Å². The van der Waals surface area contributed by atoms with Crippen LogP contribution in [0, 0.1) is 45.1 Å². The first-order valence-electron chi connectivity index (χ1n) is 16.4. The number of allylic oxidation sites excluding steroid dienone is 2. The molecule has 0 aliphatic heterocycles. The fourth-order valence-corrected chi connectivity index (χ4v) is 6.77. The first kappa shape index (κ1) is 39.4. The van der Waals surface area contributed by atoms with Crippen LogP contribution >= 0.6 is 0 Å². The molecule has 7 heteroatoms. The maximum Gasteiger partial charge on any atom is 0.394 e. The first-order valence-corrected chi connectivity index (χ1v) is 16.4. The Kier molecular flexibility index (Phi) is 14.5. The van der Waals surface area contributed by atoms with Gasteiger partial charge in [-0.25, -0.2) is 0 Å². The van der Waals surface area contributed by atoms with Crippen molar-refractivity contribution in [3.05, 3.63) is 90.7 Å². The summed E-state index contributed by atoms with van der Waals surface area (Å²) in [5.41, 5.74) is 4.27. The van der Waals surface area contributed by atoms with E-state index in [2.05, 4.69) is 26.1 Å². The molecule has 1 aliphatic carbocycles. The van der Waals surface area contributed by atoms with Crippen molar-refractivity contribution >= 4 is 16.6 Å². The number of nitrogens with zero attached hydrogens (tertiary/aromatic N) is 1. The summed E-state index contributed by atoms with van der Waals surface area (Å²) in [5.74, 6) is 0.547. The molecule has 1 aliphatic rings. The second kappa shape index (κ2) is 16.9. The van der Waals surface area contributed by atoms with E-state index in [4.69, 9.17) is 0 Å². The molecule has 3 aromatic rings. The van der Waals surface area contributed by atoms with Crippen LogP contribution in [0.4, 0.5) is 13.2 Å². The van der Waals surface area contributed by atoms with Crippen LogP contribution < -0.4 is 4.57 Å². The summed E-state index contributed by atoms with van der Waals surface area (Å²) < 4.78 is 43.4. The molecular weight excluding hydrogens is 764 g/mol. The van der Waals surface area contributed by atoms with Gasteiger partial charge in [-0.1, -0.05) is 71.2 Å². The Balaban J connectivity index is 0.000000394. The maximum atomic E-state index is 13.9. The Labute approximate surface area is 288 Å². The Morgan fingerprint density at radius 1 is 0.978 bits per heavy atom. The topological polar surface area (TPSA) is 41.2 Å². The van der Waals surface area contributed by atoms with Crippen LogP contribution in [-0.4, -0.2) is 17.1 Å². The molecule has 1 aromatic heterocycles. The van der Waals surface area contributed by atoms with Crippen molar-refractivity contribution in [3.8, 4) is 11.3 Å². The Bertz CT molecular complexity index is 1500. The molecule has 4 rings (SSSR count). The van der Waals surface area contributed by atoms with Gasteiger partial charge in [0.15, 0.2) is 5.78 Å². The average molecular weight is 815 g/mol. The molecule has 1 N–H and O–H groups in total. The summed E-state index contributed by atoms with van der Waals surface area (Å²) >= 11 is 0. The fourth-order valence-electron chi connectivity index (χ4n) is 6.77. The molecule has 1 heterocycles. The van der Waals surface area contributed by atoms with Crippen molar-refractivity contribution in [1.29, 1.82) is 0 Å². The zero-order valence-corrected chi connectivity index (χ0v) is 30.7. The number of hydrogen-bond acceptors (Lipinski definition) is 2. The second-order valence-corrected chi connectivity index (χ2v) is 12.8. The number of alkyl halides is 3. The second-order valence-electron chi connectivity index (χ2n) is 12.8. The van der Waals surface area contributed by atoms with Crippen molar-refractivity contribution in [2.24, 2.45) is 17.3 Å². The maximum absolute atomic E-state index is 13.9. The molecule has 0 atom stereocenters. The van der Waals surface area contributed by atoms with Gasteiger partial charge >= 0.3 is 6.18 Å². The van der Waals surface area contributed by atoms with Gasteiger partial charge in [-0.15, -0.1) is 17.7 Å². The minimum Gasteiger partial charge on any atom is -0.512 e. The minimum atomic E-state index is -4.17. The van der Waals surface area contributed by atoms with Crippen LogP contribution in [0.1, 0.15) is 101 Å². The van der Waals surface area contributed by atoms with Gasteiger partial charge in [0.1, 0.15) is 0 Å². The van der Waals surface area contributed by atoms with Crippen molar-refractivity contribution in [3.63, 3.8) is 0 Å². The van der Waals surface area contributed by atoms with E-state index in [1.807, 2.05) is 76.6 Å². The van der Waals surface area contributed by atoms with E-state index >= 15 is 0 Å². The van der Waals surface area contributed by atoms with E-state index in [1.54, 1.807) is 0 Å². The number of hydrogen-bond donors (Lipinski definition) is 1. The molecule has 3 nitrogen and oxygen atoms in total. The third-order valence-corrected chi connectivity index (χ3v) is 9.75. The summed E-state index contributed by atoms with van der Waals surface area (Å²) in [6, 6.07) is 11.8.